The van der Waals surface area contributed by atoms with Crippen LogP contribution < -0.4 is 5.32 Å². The number of anilines is 1. The van der Waals surface area contributed by atoms with Crippen LogP contribution >= 0.6 is 0 Å². The molecular weight excluding hydrogens is 321 g/mol. The lowest BCUT2D eigenvalue weighted by atomic mass is 9.88. The molecule has 1 aliphatic heterocycles. The molecule has 2 heterocycles. The fourth-order valence-corrected chi connectivity index (χ4v) is 3.26. The second-order valence-electron chi connectivity index (χ2n) is 6.93. The summed E-state index contributed by atoms with van der Waals surface area (Å²) in [5.74, 6) is 0.331. The molecule has 2 N–H and O–H groups in total. The maximum absolute atomic E-state index is 14.0. The summed E-state index contributed by atoms with van der Waals surface area (Å²) in [7, 11) is 0. The Kier molecular flexibility index (Phi) is 5.48. The Labute approximate surface area is 147 Å². The third-order valence-electron chi connectivity index (χ3n) is 4.70. The normalized spacial score (nSPS) is 20.6. The van der Waals surface area contributed by atoms with E-state index >= 15 is 0 Å². The van der Waals surface area contributed by atoms with E-state index in [2.05, 4.69) is 29.4 Å². The molecule has 6 heteroatoms. The number of amides is 1. The lowest BCUT2D eigenvalue weighted by Gasteiger charge is -2.31. The number of ether oxygens (including phenoxy) is 1. The topological polar surface area (TPSA) is 67.0 Å². The van der Waals surface area contributed by atoms with E-state index in [4.69, 9.17) is 4.74 Å². The van der Waals surface area contributed by atoms with E-state index in [-0.39, 0.29) is 17.8 Å². The van der Waals surface area contributed by atoms with Crippen molar-refractivity contribution in [2.75, 3.05) is 11.9 Å². The average Bonchev–Trinajstić information content (AvgIpc) is 3.03. The molecule has 1 saturated heterocycles. The second kappa shape index (κ2) is 7.78. The first-order valence-corrected chi connectivity index (χ1v) is 8.74. The number of carbonyl (C=O) groups is 1. The highest BCUT2D eigenvalue weighted by Gasteiger charge is 2.26. The van der Waals surface area contributed by atoms with Gasteiger partial charge in [0.05, 0.1) is 23.7 Å². The Morgan fingerprint density at radius 2 is 2.24 bits per heavy atom. The SMILES string of the molecule is CC(C)C1CC(CC(=O)Nc2cn[nH]c2-c2ccccc2F)CCO1. The van der Waals surface area contributed by atoms with Crippen LogP contribution in [0, 0.1) is 17.7 Å². The molecular formula is C19H24FN3O2. The summed E-state index contributed by atoms with van der Waals surface area (Å²) in [6.07, 6.45) is 3.96. The predicted molar refractivity (Wildman–Crippen MR) is 94.5 cm³/mol. The zero-order valence-electron chi connectivity index (χ0n) is 14.6. The lowest BCUT2D eigenvalue weighted by Crippen LogP contribution is -2.31. The van der Waals surface area contributed by atoms with Gasteiger partial charge in [0.25, 0.3) is 0 Å². The molecule has 1 aromatic carbocycles. The molecule has 25 heavy (non-hydrogen) atoms. The van der Waals surface area contributed by atoms with E-state index in [0.29, 0.717) is 41.8 Å². The first-order chi connectivity index (χ1) is 12.0. The summed E-state index contributed by atoms with van der Waals surface area (Å²) < 4.78 is 19.7. The van der Waals surface area contributed by atoms with Gasteiger partial charge in [-0.25, -0.2) is 4.39 Å². The van der Waals surface area contributed by atoms with Crippen LogP contribution in [0.15, 0.2) is 30.5 Å². The van der Waals surface area contributed by atoms with Gasteiger partial charge in [0.2, 0.25) is 5.91 Å². The van der Waals surface area contributed by atoms with Crippen LogP contribution in [0.3, 0.4) is 0 Å². The summed E-state index contributed by atoms with van der Waals surface area (Å²) in [5.41, 5.74) is 1.38. The number of hydrogen-bond acceptors (Lipinski definition) is 3. The van der Waals surface area contributed by atoms with Gasteiger partial charge in [0, 0.05) is 18.6 Å². The molecule has 2 unspecified atom stereocenters. The average molecular weight is 345 g/mol. The minimum absolute atomic E-state index is 0.0756. The molecule has 134 valence electrons. The van der Waals surface area contributed by atoms with Crippen LogP contribution in [0.5, 0.6) is 0 Å². The molecule has 1 aliphatic rings. The van der Waals surface area contributed by atoms with Crippen LogP contribution in [-0.4, -0.2) is 28.8 Å². The molecule has 1 fully saturated rings. The highest BCUT2D eigenvalue weighted by molar-refractivity contribution is 5.94. The summed E-state index contributed by atoms with van der Waals surface area (Å²) in [6.45, 7) is 4.98. The van der Waals surface area contributed by atoms with E-state index in [1.807, 2.05) is 0 Å². The summed E-state index contributed by atoms with van der Waals surface area (Å²) in [4.78, 5) is 12.4. The third kappa shape index (κ3) is 4.25. The van der Waals surface area contributed by atoms with E-state index in [9.17, 15) is 9.18 Å². The number of rotatable bonds is 5. The maximum Gasteiger partial charge on any atom is 0.224 e. The van der Waals surface area contributed by atoms with Gasteiger partial charge in [-0.3, -0.25) is 9.89 Å². The number of aromatic nitrogens is 2. The van der Waals surface area contributed by atoms with Gasteiger partial charge in [-0.1, -0.05) is 26.0 Å². The zero-order chi connectivity index (χ0) is 17.8. The molecule has 3 rings (SSSR count). The number of nitrogens with one attached hydrogen (secondary N) is 2. The van der Waals surface area contributed by atoms with Gasteiger partial charge in [-0.2, -0.15) is 5.10 Å². The fourth-order valence-electron chi connectivity index (χ4n) is 3.26. The number of carbonyl (C=O) groups excluding carboxylic acids is 1. The van der Waals surface area contributed by atoms with Crippen LogP contribution in [0.2, 0.25) is 0 Å². The lowest BCUT2D eigenvalue weighted by molar-refractivity contribution is -0.118. The first kappa shape index (κ1) is 17.6. The van der Waals surface area contributed by atoms with Gasteiger partial charge in [-0.05, 0) is 36.8 Å². The standard InChI is InChI=1S/C19H24FN3O2/c1-12(2)17-9-13(7-8-25-17)10-18(24)22-16-11-21-23-19(16)14-5-3-4-6-15(14)20/h3-6,11-13,17H,7-10H2,1-2H3,(H,21,23)(H,22,24). The van der Waals surface area contributed by atoms with Crippen molar-refractivity contribution in [1.29, 1.82) is 0 Å². The Morgan fingerprint density at radius 1 is 1.44 bits per heavy atom. The zero-order valence-corrected chi connectivity index (χ0v) is 14.6. The summed E-state index contributed by atoms with van der Waals surface area (Å²) in [6, 6.07) is 6.42. The molecule has 2 atom stereocenters. The predicted octanol–water partition coefficient (Wildman–Crippen LogP) is 4.00. The Bertz CT molecular complexity index is 729. The van der Waals surface area contributed by atoms with Crippen molar-refractivity contribution in [3.63, 3.8) is 0 Å². The monoisotopic (exact) mass is 345 g/mol. The number of aromatic amines is 1. The van der Waals surface area contributed by atoms with Crippen LogP contribution in [0.4, 0.5) is 10.1 Å². The van der Waals surface area contributed by atoms with Crippen molar-refractivity contribution in [1.82, 2.24) is 10.2 Å². The maximum atomic E-state index is 14.0. The van der Waals surface area contributed by atoms with Crippen molar-refractivity contribution in [2.45, 2.75) is 39.2 Å². The molecule has 0 spiro atoms. The molecule has 0 saturated carbocycles. The largest absolute Gasteiger partial charge is 0.378 e. The van der Waals surface area contributed by atoms with Crippen molar-refractivity contribution in [3.8, 4) is 11.3 Å². The van der Waals surface area contributed by atoms with Crippen molar-refractivity contribution < 1.29 is 13.9 Å². The van der Waals surface area contributed by atoms with Crippen molar-refractivity contribution in [2.24, 2.45) is 11.8 Å². The van der Waals surface area contributed by atoms with E-state index in [1.165, 1.54) is 12.3 Å². The molecule has 0 radical (unpaired) electrons. The van der Waals surface area contributed by atoms with E-state index in [0.717, 1.165) is 12.8 Å². The summed E-state index contributed by atoms with van der Waals surface area (Å²) >= 11 is 0. The van der Waals surface area contributed by atoms with Gasteiger partial charge in [-0.15, -0.1) is 0 Å². The minimum Gasteiger partial charge on any atom is -0.378 e. The number of halogens is 1. The minimum atomic E-state index is -0.355. The molecule has 1 aromatic heterocycles. The molecule has 0 bridgehead atoms. The van der Waals surface area contributed by atoms with E-state index in [1.54, 1.807) is 18.2 Å². The number of nitrogens with zero attached hydrogens (tertiary/aromatic N) is 1. The third-order valence-corrected chi connectivity index (χ3v) is 4.70. The van der Waals surface area contributed by atoms with Gasteiger partial charge in [0.1, 0.15) is 5.82 Å². The molecule has 1 amide bonds. The quantitative estimate of drug-likeness (QED) is 0.861. The number of hydrogen-bond donors (Lipinski definition) is 2. The Balaban J connectivity index is 1.65. The number of H-pyrrole nitrogens is 1. The molecule has 2 aromatic rings. The highest BCUT2D eigenvalue weighted by Crippen LogP contribution is 2.30. The Hall–Kier alpha value is -2.21. The van der Waals surface area contributed by atoms with Gasteiger partial charge < -0.3 is 10.1 Å². The fraction of sp³-hybridized carbons (Fsp3) is 0.474. The molecule has 0 aliphatic carbocycles. The second-order valence-corrected chi connectivity index (χ2v) is 6.93. The smallest absolute Gasteiger partial charge is 0.224 e. The Morgan fingerprint density at radius 3 is 3.00 bits per heavy atom. The van der Waals surface area contributed by atoms with E-state index < -0.39 is 0 Å². The highest BCUT2D eigenvalue weighted by atomic mass is 19.1. The van der Waals surface area contributed by atoms with Crippen LogP contribution in [-0.2, 0) is 9.53 Å². The summed E-state index contributed by atoms with van der Waals surface area (Å²) in [5, 5.41) is 9.58. The number of benzene rings is 1. The molecule has 5 nitrogen and oxygen atoms in total. The van der Waals surface area contributed by atoms with Crippen LogP contribution in [0.25, 0.3) is 11.3 Å². The van der Waals surface area contributed by atoms with Crippen LogP contribution in [0.1, 0.15) is 33.1 Å². The van der Waals surface area contributed by atoms with Gasteiger partial charge in [0.15, 0.2) is 0 Å². The van der Waals surface area contributed by atoms with Crippen molar-refractivity contribution >= 4 is 11.6 Å². The van der Waals surface area contributed by atoms with Crippen molar-refractivity contribution in [3.05, 3.63) is 36.3 Å². The van der Waals surface area contributed by atoms with Gasteiger partial charge >= 0.3 is 0 Å². The first-order valence-electron chi connectivity index (χ1n) is 8.74.